The molecule has 3 heteroatoms. The summed E-state index contributed by atoms with van der Waals surface area (Å²) in [5.74, 6) is 0. The summed E-state index contributed by atoms with van der Waals surface area (Å²) in [5, 5.41) is 16.9. The maximum Gasteiger partial charge on any atom is 0.164 e. The van der Waals surface area contributed by atoms with Gasteiger partial charge in [-0.2, -0.15) is 0 Å². The lowest BCUT2D eigenvalue weighted by Gasteiger charge is -2.15. The van der Waals surface area contributed by atoms with Gasteiger partial charge in [-0.05, 0) is 20.0 Å². The lowest BCUT2D eigenvalue weighted by molar-refractivity contribution is -0.0571. The maximum atomic E-state index is 8.46. The van der Waals surface area contributed by atoms with E-state index in [0.29, 0.717) is 6.54 Å². The summed E-state index contributed by atoms with van der Waals surface area (Å²) in [7, 11) is 1.86. The van der Waals surface area contributed by atoms with E-state index in [-0.39, 0.29) is 0 Å². The van der Waals surface area contributed by atoms with Gasteiger partial charge in [0.2, 0.25) is 0 Å². The largest absolute Gasteiger partial charge is 0.367 e. The first-order valence-corrected chi connectivity index (χ1v) is 3.21. The first-order valence-electron chi connectivity index (χ1n) is 3.21. The van der Waals surface area contributed by atoms with E-state index in [0.717, 1.165) is 13.0 Å². The van der Waals surface area contributed by atoms with Crippen LogP contribution in [0.5, 0.6) is 0 Å². The van der Waals surface area contributed by atoms with Crippen molar-refractivity contribution in [3.63, 3.8) is 0 Å². The third-order valence-corrected chi connectivity index (χ3v) is 1.08. The lowest BCUT2D eigenvalue weighted by atomic mass is 10.4. The van der Waals surface area contributed by atoms with E-state index in [9.17, 15) is 0 Å². The minimum atomic E-state index is -1.19. The van der Waals surface area contributed by atoms with Crippen molar-refractivity contribution in [3.8, 4) is 0 Å². The summed E-state index contributed by atoms with van der Waals surface area (Å²) in [5.41, 5.74) is 0. The van der Waals surface area contributed by atoms with Crippen molar-refractivity contribution in [2.75, 3.05) is 20.1 Å². The fourth-order valence-electron chi connectivity index (χ4n) is 0.752. The highest BCUT2D eigenvalue weighted by atomic mass is 16.5. The Bertz CT molecular complexity index is 66.1. The molecule has 0 aromatic heterocycles. The predicted octanol–water partition coefficient (Wildman–Crippen LogP) is -0.361. The summed E-state index contributed by atoms with van der Waals surface area (Å²) in [6, 6.07) is 0. The molecule has 0 spiro atoms. The van der Waals surface area contributed by atoms with Gasteiger partial charge in [-0.25, -0.2) is 0 Å². The summed E-state index contributed by atoms with van der Waals surface area (Å²) in [6.45, 7) is 3.31. The van der Waals surface area contributed by atoms with E-state index in [4.69, 9.17) is 10.2 Å². The fourth-order valence-corrected chi connectivity index (χ4v) is 0.752. The van der Waals surface area contributed by atoms with Crippen LogP contribution in [-0.2, 0) is 0 Å². The van der Waals surface area contributed by atoms with Gasteiger partial charge in [0, 0.05) is 6.54 Å². The molecule has 0 saturated carbocycles. The highest BCUT2D eigenvalue weighted by Crippen LogP contribution is 1.86. The van der Waals surface area contributed by atoms with Crippen LogP contribution in [0.25, 0.3) is 0 Å². The normalized spacial score (nSPS) is 11.3. The Kier molecular flexibility index (Phi) is 4.67. The molecule has 0 aromatic carbocycles. The Morgan fingerprint density at radius 1 is 1.44 bits per heavy atom. The molecule has 0 fully saturated rings. The third-order valence-electron chi connectivity index (χ3n) is 1.08. The molecule has 0 amide bonds. The summed E-state index contributed by atoms with van der Waals surface area (Å²) >= 11 is 0. The number of hydrogen-bond donors (Lipinski definition) is 2. The average Bonchev–Trinajstić information content (AvgIpc) is 1.63. The molecule has 56 valence electrons. The van der Waals surface area contributed by atoms with E-state index >= 15 is 0 Å². The van der Waals surface area contributed by atoms with Crippen LogP contribution in [0.3, 0.4) is 0 Å². The second kappa shape index (κ2) is 4.73. The van der Waals surface area contributed by atoms with Crippen molar-refractivity contribution in [3.05, 3.63) is 0 Å². The van der Waals surface area contributed by atoms with Gasteiger partial charge in [-0.1, -0.05) is 6.92 Å². The zero-order valence-corrected chi connectivity index (χ0v) is 6.04. The topological polar surface area (TPSA) is 43.7 Å². The van der Waals surface area contributed by atoms with Crippen LogP contribution in [0.1, 0.15) is 13.3 Å². The minimum Gasteiger partial charge on any atom is -0.367 e. The van der Waals surface area contributed by atoms with E-state index in [1.807, 2.05) is 11.9 Å². The summed E-state index contributed by atoms with van der Waals surface area (Å²) in [4.78, 5) is 1.88. The number of aliphatic hydroxyl groups is 2. The Morgan fingerprint density at radius 2 is 2.00 bits per heavy atom. The van der Waals surface area contributed by atoms with Crippen LogP contribution in [0.4, 0.5) is 0 Å². The maximum absolute atomic E-state index is 8.46. The molecule has 0 aliphatic heterocycles. The fraction of sp³-hybridized carbons (Fsp3) is 1.00. The molecule has 0 aliphatic carbocycles. The highest BCUT2D eigenvalue weighted by Gasteiger charge is 2.00. The molecular formula is C6H15NO2. The Morgan fingerprint density at radius 3 is 2.33 bits per heavy atom. The zero-order chi connectivity index (χ0) is 7.28. The molecule has 0 aromatic rings. The molecule has 9 heavy (non-hydrogen) atoms. The minimum absolute atomic E-state index is 0.341. The quantitative estimate of drug-likeness (QED) is 0.515. The second-order valence-corrected chi connectivity index (χ2v) is 2.24. The Balaban J connectivity index is 3.15. The predicted molar refractivity (Wildman–Crippen MR) is 36.0 cm³/mol. The first kappa shape index (κ1) is 8.88. The van der Waals surface area contributed by atoms with Gasteiger partial charge in [0.1, 0.15) is 0 Å². The number of likely N-dealkylation sites (N-methyl/N-ethyl adjacent to an activating group) is 1. The van der Waals surface area contributed by atoms with Crippen molar-refractivity contribution in [2.45, 2.75) is 19.6 Å². The Labute approximate surface area is 55.9 Å². The van der Waals surface area contributed by atoms with Gasteiger partial charge in [0.15, 0.2) is 6.29 Å². The van der Waals surface area contributed by atoms with Crippen molar-refractivity contribution < 1.29 is 10.2 Å². The van der Waals surface area contributed by atoms with Crippen LogP contribution in [0, 0.1) is 0 Å². The Hall–Kier alpha value is -0.120. The van der Waals surface area contributed by atoms with Crippen molar-refractivity contribution in [1.82, 2.24) is 4.90 Å². The standard InChI is InChI=1S/C6H15NO2/c1-3-4-7(2)5-6(8)9/h6,8-9H,3-5H2,1-2H3. The first-order chi connectivity index (χ1) is 4.16. The second-order valence-electron chi connectivity index (χ2n) is 2.24. The van der Waals surface area contributed by atoms with Crippen molar-refractivity contribution in [1.29, 1.82) is 0 Å². The number of aliphatic hydroxyl groups excluding tert-OH is 1. The molecule has 2 N–H and O–H groups in total. The smallest absolute Gasteiger partial charge is 0.164 e. The average molecular weight is 133 g/mol. The molecule has 0 heterocycles. The van der Waals surface area contributed by atoms with Gasteiger partial charge in [0.05, 0.1) is 0 Å². The van der Waals surface area contributed by atoms with Crippen LogP contribution < -0.4 is 0 Å². The molecule has 0 aliphatic rings. The number of rotatable bonds is 4. The van der Waals surface area contributed by atoms with Gasteiger partial charge in [0.25, 0.3) is 0 Å². The van der Waals surface area contributed by atoms with Crippen molar-refractivity contribution in [2.24, 2.45) is 0 Å². The SMILES string of the molecule is CCCN(C)CC(O)O. The van der Waals surface area contributed by atoms with E-state index in [1.54, 1.807) is 0 Å². The molecule has 0 atom stereocenters. The van der Waals surface area contributed by atoms with Gasteiger partial charge in [-0.3, -0.25) is 0 Å². The zero-order valence-electron chi connectivity index (χ0n) is 6.04. The van der Waals surface area contributed by atoms with Gasteiger partial charge < -0.3 is 15.1 Å². The van der Waals surface area contributed by atoms with Crippen LogP contribution in [-0.4, -0.2) is 41.5 Å². The molecular weight excluding hydrogens is 118 g/mol. The molecule has 0 radical (unpaired) electrons. The van der Waals surface area contributed by atoms with E-state index < -0.39 is 6.29 Å². The molecule has 0 unspecified atom stereocenters. The van der Waals surface area contributed by atoms with E-state index in [1.165, 1.54) is 0 Å². The summed E-state index contributed by atoms with van der Waals surface area (Å²) < 4.78 is 0. The van der Waals surface area contributed by atoms with Crippen LogP contribution >= 0.6 is 0 Å². The number of hydrogen-bond acceptors (Lipinski definition) is 3. The molecule has 0 rings (SSSR count). The van der Waals surface area contributed by atoms with Crippen LogP contribution in [0.15, 0.2) is 0 Å². The molecule has 0 bridgehead atoms. The van der Waals surface area contributed by atoms with Crippen molar-refractivity contribution >= 4 is 0 Å². The molecule has 3 nitrogen and oxygen atoms in total. The van der Waals surface area contributed by atoms with Gasteiger partial charge >= 0.3 is 0 Å². The lowest BCUT2D eigenvalue weighted by Crippen LogP contribution is -2.29. The third kappa shape index (κ3) is 5.76. The van der Waals surface area contributed by atoms with E-state index in [2.05, 4.69) is 6.92 Å². The van der Waals surface area contributed by atoms with Gasteiger partial charge in [-0.15, -0.1) is 0 Å². The molecule has 0 saturated heterocycles. The monoisotopic (exact) mass is 133 g/mol. The highest BCUT2D eigenvalue weighted by molar-refractivity contribution is 4.49. The summed E-state index contributed by atoms with van der Waals surface area (Å²) in [6.07, 6.45) is -0.148. The number of nitrogens with zero attached hydrogens (tertiary/aromatic N) is 1. The van der Waals surface area contributed by atoms with Crippen LogP contribution in [0.2, 0.25) is 0 Å².